The van der Waals surface area contributed by atoms with E-state index in [0.29, 0.717) is 6.42 Å². The van der Waals surface area contributed by atoms with Crippen LogP contribution in [0.1, 0.15) is 19.8 Å². The molecule has 2 N–H and O–H groups in total. The largest absolute Gasteiger partial charge is 0.491 e. The van der Waals surface area contributed by atoms with Crippen molar-refractivity contribution in [3.05, 3.63) is 30.1 Å². The summed E-state index contributed by atoms with van der Waals surface area (Å²) in [6.07, 6.45) is 0.512. The molecule has 1 atom stereocenters. The maximum Gasteiger partial charge on any atom is 0.325 e. The third kappa shape index (κ3) is 5.37. The maximum atomic E-state index is 13.2. The summed E-state index contributed by atoms with van der Waals surface area (Å²) < 4.78 is 18.3. The van der Waals surface area contributed by atoms with Crippen molar-refractivity contribution in [2.45, 2.75) is 25.8 Å². The van der Waals surface area contributed by atoms with Crippen LogP contribution in [0.3, 0.4) is 0 Å². The highest BCUT2D eigenvalue weighted by molar-refractivity contribution is 5.83. The molecule has 1 aromatic carbocycles. The van der Waals surface area contributed by atoms with E-state index in [2.05, 4.69) is 5.32 Å². The summed E-state index contributed by atoms with van der Waals surface area (Å²) in [6.45, 7) is 1.58. The normalized spacial score (nSPS) is 11.7. The average molecular weight is 269 g/mol. The predicted octanol–water partition coefficient (Wildman–Crippen LogP) is 1.57. The second-order valence-electron chi connectivity index (χ2n) is 4.01. The van der Waals surface area contributed by atoms with E-state index < -0.39 is 17.8 Å². The summed E-state index contributed by atoms with van der Waals surface area (Å²) in [5, 5.41) is 10.9. The molecule has 0 aliphatic heterocycles. The quantitative estimate of drug-likeness (QED) is 0.737. The molecule has 1 rings (SSSR count). The first kappa shape index (κ1) is 14.9. The molecule has 0 aliphatic carbocycles. The zero-order valence-corrected chi connectivity index (χ0v) is 10.6. The Morgan fingerprint density at radius 3 is 2.74 bits per heavy atom. The van der Waals surface area contributed by atoms with Crippen molar-refractivity contribution in [1.29, 1.82) is 0 Å². The molecule has 0 heterocycles. The van der Waals surface area contributed by atoms with Crippen LogP contribution < -0.4 is 10.1 Å². The zero-order chi connectivity index (χ0) is 14.3. The fourth-order valence-corrected chi connectivity index (χ4v) is 1.35. The number of carboxylic acids is 1. The van der Waals surface area contributed by atoms with E-state index in [-0.39, 0.29) is 24.7 Å². The summed E-state index contributed by atoms with van der Waals surface area (Å²) >= 11 is 0. The summed E-state index contributed by atoms with van der Waals surface area (Å²) in [6, 6.07) is 5.08. The van der Waals surface area contributed by atoms with Crippen LogP contribution in [0.2, 0.25) is 0 Å². The summed E-state index contributed by atoms with van der Waals surface area (Å²) in [7, 11) is 0. The number of aliphatic carboxylic acids is 1. The number of hydrogen-bond acceptors (Lipinski definition) is 3. The van der Waals surface area contributed by atoms with Crippen LogP contribution in [0.15, 0.2) is 24.3 Å². The number of nitrogens with one attached hydrogen (secondary N) is 1. The Balaban J connectivity index is 2.23. The number of para-hydroxylation sites is 1. The number of carboxylic acid groups (broad SMARTS) is 1. The molecule has 19 heavy (non-hydrogen) atoms. The van der Waals surface area contributed by atoms with Gasteiger partial charge in [0.1, 0.15) is 6.04 Å². The second-order valence-corrected chi connectivity index (χ2v) is 4.01. The van der Waals surface area contributed by atoms with Crippen molar-refractivity contribution in [1.82, 2.24) is 5.32 Å². The fraction of sp³-hybridized carbons (Fsp3) is 0.385. The summed E-state index contributed by atoms with van der Waals surface area (Å²) in [4.78, 5) is 21.8. The van der Waals surface area contributed by atoms with Gasteiger partial charge in [-0.25, -0.2) is 4.39 Å². The van der Waals surface area contributed by atoms with Crippen molar-refractivity contribution in [3.63, 3.8) is 0 Å². The third-order valence-electron chi connectivity index (χ3n) is 2.39. The van der Waals surface area contributed by atoms with Gasteiger partial charge in [-0.1, -0.05) is 12.1 Å². The molecule has 1 amide bonds. The number of rotatable bonds is 7. The van der Waals surface area contributed by atoms with E-state index >= 15 is 0 Å². The van der Waals surface area contributed by atoms with Gasteiger partial charge in [0.2, 0.25) is 5.91 Å². The minimum atomic E-state index is -1.09. The van der Waals surface area contributed by atoms with Gasteiger partial charge in [-0.3, -0.25) is 9.59 Å². The first-order valence-corrected chi connectivity index (χ1v) is 5.90. The van der Waals surface area contributed by atoms with Gasteiger partial charge in [0.05, 0.1) is 6.61 Å². The molecule has 0 saturated carbocycles. The highest BCUT2D eigenvalue weighted by Crippen LogP contribution is 2.15. The molecular weight excluding hydrogens is 253 g/mol. The number of hydrogen-bond donors (Lipinski definition) is 2. The number of ether oxygens (including phenoxy) is 1. The Hall–Kier alpha value is -2.11. The number of benzene rings is 1. The van der Waals surface area contributed by atoms with Gasteiger partial charge >= 0.3 is 5.97 Å². The first-order valence-electron chi connectivity index (χ1n) is 5.90. The lowest BCUT2D eigenvalue weighted by Crippen LogP contribution is -2.38. The molecule has 0 spiro atoms. The number of halogens is 1. The van der Waals surface area contributed by atoms with E-state index in [0.717, 1.165) is 0 Å². The zero-order valence-electron chi connectivity index (χ0n) is 10.6. The van der Waals surface area contributed by atoms with E-state index in [1.165, 1.54) is 19.1 Å². The Kier molecular flexibility index (Phi) is 5.78. The predicted molar refractivity (Wildman–Crippen MR) is 66.4 cm³/mol. The molecule has 0 fully saturated rings. The molecule has 0 radical (unpaired) electrons. The van der Waals surface area contributed by atoms with Gasteiger partial charge in [0.15, 0.2) is 11.6 Å². The molecule has 0 bridgehead atoms. The molecule has 1 aromatic rings. The Labute approximate surface area is 110 Å². The molecule has 5 nitrogen and oxygen atoms in total. The van der Waals surface area contributed by atoms with Gasteiger partial charge in [-0.2, -0.15) is 0 Å². The van der Waals surface area contributed by atoms with E-state index in [9.17, 15) is 14.0 Å². The van der Waals surface area contributed by atoms with Crippen LogP contribution in [-0.4, -0.2) is 29.6 Å². The van der Waals surface area contributed by atoms with Crippen LogP contribution in [0, 0.1) is 5.82 Å². The van der Waals surface area contributed by atoms with Crippen molar-refractivity contribution in [3.8, 4) is 5.75 Å². The van der Waals surface area contributed by atoms with Crippen LogP contribution in [0.5, 0.6) is 5.75 Å². The minimum absolute atomic E-state index is 0.131. The van der Waals surface area contributed by atoms with E-state index in [1.54, 1.807) is 12.1 Å². The molecule has 0 unspecified atom stereocenters. The molecular formula is C13H16FNO4. The third-order valence-corrected chi connectivity index (χ3v) is 2.39. The van der Waals surface area contributed by atoms with E-state index in [4.69, 9.17) is 9.84 Å². The molecule has 6 heteroatoms. The van der Waals surface area contributed by atoms with Crippen molar-refractivity contribution in [2.75, 3.05) is 6.61 Å². The van der Waals surface area contributed by atoms with Crippen molar-refractivity contribution >= 4 is 11.9 Å². The molecule has 104 valence electrons. The van der Waals surface area contributed by atoms with Crippen LogP contribution in [0.4, 0.5) is 4.39 Å². The van der Waals surface area contributed by atoms with Gasteiger partial charge < -0.3 is 15.2 Å². The molecule has 0 aliphatic rings. The average Bonchev–Trinajstić information content (AvgIpc) is 2.36. The number of amides is 1. The van der Waals surface area contributed by atoms with Gasteiger partial charge in [0, 0.05) is 6.42 Å². The number of carbonyl (C=O) groups excluding carboxylic acids is 1. The highest BCUT2D eigenvalue weighted by atomic mass is 19.1. The van der Waals surface area contributed by atoms with Crippen LogP contribution in [-0.2, 0) is 9.59 Å². The summed E-state index contributed by atoms with van der Waals surface area (Å²) in [5.74, 6) is -1.77. The van der Waals surface area contributed by atoms with Crippen molar-refractivity contribution < 1.29 is 23.8 Å². The SMILES string of the molecule is C[C@@H](NC(=O)CCCOc1ccccc1F)C(=O)O. The Bertz CT molecular complexity index is 450. The van der Waals surface area contributed by atoms with Crippen molar-refractivity contribution in [2.24, 2.45) is 0 Å². The second kappa shape index (κ2) is 7.35. The van der Waals surface area contributed by atoms with Gasteiger partial charge in [0.25, 0.3) is 0 Å². The first-order chi connectivity index (χ1) is 9.00. The minimum Gasteiger partial charge on any atom is -0.491 e. The number of carbonyl (C=O) groups is 2. The van der Waals surface area contributed by atoms with Gasteiger partial charge in [-0.15, -0.1) is 0 Å². The maximum absolute atomic E-state index is 13.2. The lowest BCUT2D eigenvalue weighted by atomic mass is 10.2. The van der Waals surface area contributed by atoms with E-state index in [1.807, 2.05) is 0 Å². The van der Waals surface area contributed by atoms with Crippen LogP contribution >= 0.6 is 0 Å². The van der Waals surface area contributed by atoms with Gasteiger partial charge in [-0.05, 0) is 25.5 Å². The fourth-order valence-electron chi connectivity index (χ4n) is 1.35. The Morgan fingerprint density at radius 1 is 1.42 bits per heavy atom. The summed E-state index contributed by atoms with van der Waals surface area (Å²) in [5.41, 5.74) is 0. The smallest absolute Gasteiger partial charge is 0.325 e. The molecule has 0 aromatic heterocycles. The Morgan fingerprint density at radius 2 is 2.11 bits per heavy atom. The monoisotopic (exact) mass is 269 g/mol. The lowest BCUT2D eigenvalue weighted by molar-refractivity contribution is -0.141. The highest BCUT2D eigenvalue weighted by Gasteiger charge is 2.13. The lowest BCUT2D eigenvalue weighted by Gasteiger charge is -2.09. The standard InChI is InChI=1S/C13H16FNO4/c1-9(13(17)18)15-12(16)7-4-8-19-11-6-3-2-5-10(11)14/h2-3,5-6,9H,4,7-8H2,1H3,(H,15,16)(H,17,18)/t9-/m1/s1. The van der Waals surface area contributed by atoms with Crippen LogP contribution in [0.25, 0.3) is 0 Å². The molecule has 0 saturated heterocycles. The topological polar surface area (TPSA) is 75.6 Å².